The lowest BCUT2D eigenvalue weighted by molar-refractivity contribution is 0.293. The van der Waals surface area contributed by atoms with Crippen LogP contribution in [0.1, 0.15) is 26.2 Å². The Kier molecular flexibility index (Phi) is 4.34. The molecule has 0 aromatic carbocycles. The number of likely N-dealkylation sites (N-methyl/N-ethyl adjacent to an activating group) is 1. The summed E-state index contributed by atoms with van der Waals surface area (Å²) in [6.45, 7) is 3.23. The van der Waals surface area contributed by atoms with E-state index in [9.17, 15) is 8.42 Å². The van der Waals surface area contributed by atoms with Gasteiger partial charge in [-0.3, -0.25) is 0 Å². The van der Waals surface area contributed by atoms with E-state index in [0.717, 1.165) is 12.8 Å². The summed E-state index contributed by atoms with van der Waals surface area (Å²) in [5.41, 5.74) is 0. The molecule has 84 valence electrons. The second kappa shape index (κ2) is 5.09. The molecule has 1 fully saturated rings. The van der Waals surface area contributed by atoms with Crippen molar-refractivity contribution in [3.8, 4) is 0 Å². The van der Waals surface area contributed by atoms with E-state index < -0.39 is 10.0 Å². The molecule has 14 heavy (non-hydrogen) atoms. The van der Waals surface area contributed by atoms with E-state index in [-0.39, 0.29) is 5.75 Å². The average molecular weight is 220 g/mol. The minimum absolute atomic E-state index is 0.281. The summed E-state index contributed by atoms with van der Waals surface area (Å²) in [6, 6.07) is 0.329. The quantitative estimate of drug-likeness (QED) is 0.746. The predicted octanol–water partition coefficient (Wildman–Crippen LogP) is 0.410. The molecule has 0 bridgehead atoms. The second-order valence-electron chi connectivity index (χ2n) is 3.80. The van der Waals surface area contributed by atoms with Gasteiger partial charge in [0.1, 0.15) is 0 Å². The van der Waals surface area contributed by atoms with E-state index >= 15 is 0 Å². The van der Waals surface area contributed by atoms with Crippen LogP contribution in [-0.4, -0.2) is 44.7 Å². The number of nitrogens with one attached hydrogen (secondary N) is 1. The van der Waals surface area contributed by atoms with Crippen LogP contribution in [0.4, 0.5) is 0 Å². The van der Waals surface area contributed by atoms with Crippen LogP contribution in [0, 0.1) is 0 Å². The lowest BCUT2D eigenvalue weighted by Gasteiger charge is -2.31. The molecule has 1 N–H and O–H groups in total. The first kappa shape index (κ1) is 11.9. The Labute approximate surface area is 86.7 Å². The summed E-state index contributed by atoms with van der Waals surface area (Å²) >= 11 is 0. The van der Waals surface area contributed by atoms with Gasteiger partial charge in [0.15, 0.2) is 0 Å². The Balaban J connectivity index is 2.59. The highest BCUT2D eigenvalue weighted by Gasteiger charge is 2.27. The Morgan fingerprint density at radius 1 is 1.50 bits per heavy atom. The fraction of sp³-hybridized carbons (Fsp3) is 1.00. The van der Waals surface area contributed by atoms with E-state index in [2.05, 4.69) is 5.32 Å². The van der Waals surface area contributed by atoms with Crippen molar-refractivity contribution in [2.45, 2.75) is 32.2 Å². The Hall–Kier alpha value is -0.130. The molecule has 0 aromatic heterocycles. The molecule has 0 spiro atoms. The lowest BCUT2D eigenvalue weighted by Crippen LogP contribution is -2.47. The predicted molar refractivity (Wildman–Crippen MR) is 57.7 cm³/mol. The van der Waals surface area contributed by atoms with E-state index in [1.165, 1.54) is 0 Å². The van der Waals surface area contributed by atoms with Crippen molar-refractivity contribution in [2.75, 3.05) is 25.9 Å². The van der Waals surface area contributed by atoms with Crippen LogP contribution < -0.4 is 5.32 Å². The maximum atomic E-state index is 11.7. The molecule has 0 radical (unpaired) electrons. The Morgan fingerprint density at radius 3 is 2.79 bits per heavy atom. The summed E-state index contributed by atoms with van der Waals surface area (Å²) in [7, 11) is -1.09. The highest BCUT2D eigenvalue weighted by Crippen LogP contribution is 2.14. The minimum atomic E-state index is -2.98. The number of piperidine rings is 1. The van der Waals surface area contributed by atoms with E-state index in [1.807, 2.05) is 14.0 Å². The van der Waals surface area contributed by atoms with Gasteiger partial charge >= 0.3 is 0 Å². The van der Waals surface area contributed by atoms with Gasteiger partial charge in [-0.1, -0.05) is 6.92 Å². The van der Waals surface area contributed by atoms with Gasteiger partial charge in [-0.15, -0.1) is 0 Å². The lowest BCUT2D eigenvalue weighted by atomic mass is 10.1. The van der Waals surface area contributed by atoms with Gasteiger partial charge in [-0.05, 0) is 26.3 Å². The van der Waals surface area contributed by atoms with Gasteiger partial charge in [0.2, 0.25) is 10.0 Å². The summed E-state index contributed by atoms with van der Waals surface area (Å²) in [5.74, 6) is 0.281. The summed E-state index contributed by atoms with van der Waals surface area (Å²) in [6.07, 6.45) is 2.74. The van der Waals surface area contributed by atoms with Crippen LogP contribution in [0.15, 0.2) is 0 Å². The van der Waals surface area contributed by atoms with Gasteiger partial charge in [-0.2, -0.15) is 0 Å². The number of rotatable bonds is 4. The van der Waals surface area contributed by atoms with E-state index in [4.69, 9.17) is 0 Å². The molecule has 1 aliphatic rings. The maximum Gasteiger partial charge on any atom is 0.214 e. The Morgan fingerprint density at radius 2 is 2.21 bits per heavy atom. The van der Waals surface area contributed by atoms with Gasteiger partial charge in [-0.25, -0.2) is 12.7 Å². The zero-order valence-corrected chi connectivity index (χ0v) is 9.81. The van der Waals surface area contributed by atoms with E-state index in [0.29, 0.717) is 25.6 Å². The monoisotopic (exact) mass is 220 g/mol. The van der Waals surface area contributed by atoms with Crippen molar-refractivity contribution in [1.29, 1.82) is 0 Å². The SMILES string of the molecule is CCCS(=O)(=O)N1CCCC(NC)C1. The summed E-state index contributed by atoms with van der Waals surface area (Å²) in [5, 5.41) is 3.14. The topological polar surface area (TPSA) is 49.4 Å². The average Bonchev–Trinajstić information content (AvgIpc) is 2.18. The molecule has 4 nitrogen and oxygen atoms in total. The van der Waals surface area contributed by atoms with Crippen LogP contribution in [0.2, 0.25) is 0 Å². The van der Waals surface area contributed by atoms with Crippen LogP contribution >= 0.6 is 0 Å². The zero-order chi connectivity index (χ0) is 10.6. The fourth-order valence-corrected chi connectivity index (χ4v) is 3.41. The van der Waals surface area contributed by atoms with Crippen molar-refractivity contribution in [1.82, 2.24) is 9.62 Å². The third kappa shape index (κ3) is 2.93. The van der Waals surface area contributed by atoms with Crippen molar-refractivity contribution in [3.63, 3.8) is 0 Å². The first-order valence-corrected chi connectivity index (χ1v) is 6.86. The van der Waals surface area contributed by atoms with Gasteiger partial charge in [0.25, 0.3) is 0 Å². The molecule has 1 atom stereocenters. The maximum absolute atomic E-state index is 11.7. The highest BCUT2D eigenvalue weighted by atomic mass is 32.2. The summed E-state index contributed by atoms with van der Waals surface area (Å²) < 4.78 is 25.1. The normalized spacial score (nSPS) is 25.1. The molecule has 1 aliphatic heterocycles. The summed E-state index contributed by atoms with van der Waals surface area (Å²) in [4.78, 5) is 0. The number of sulfonamides is 1. The molecular formula is C9H20N2O2S. The van der Waals surface area contributed by atoms with Crippen molar-refractivity contribution in [2.24, 2.45) is 0 Å². The van der Waals surface area contributed by atoms with Crippen molar-refractivity contribution < 1.29 is 8.42 Å². The highest BCUT2D eigenvalue weighted by molar-refractivity contribution is 7.89. The molecule has 1 unspecified atom stereocenters. The molecule has 1 heterocycles. The molecule has 1 saturated heterocycles. The van der Waals surface area contributed by atoms with E-state index in [1.54, 1.807) is 4.31 Å². The Bertz CT molecular complexity index is 264. The smallest absolute Gasteiger partial charge is 0.214 e. The number of hydrogen-bond donors (Lipinski definition) is 1. The molecule has 0 aliphatic carbocycles. The number of nitrogens with zero attached hydrogens (tertiary/aromatic N) is 1. The molecule has 0 aromatic rings. The third-order valence-corrected chi connectivity index (χ3v) is 4.69. The second-order valence-corrected chi connectivity index (χ2v) is 5.89. The molecule has 0 amide bonds. The van der Waals surface area contributed by atoms with Crippen LogP contribution in [0.5, 0.6) is 0 Å². The standard InChI is InChI=1S/C9H20N2O2S/c1-3-7-14(12,13)11-6-4-5-9(8-11)10-2/h9-10H,3-8H2,1-2H3. The first-order chi connectivity index (χ1) is 6.60. The van der Waals surface area contributed by atoms with Crippen LogP contribution in [-0.2, 0) is 10.0 Å². The largest absolute Gasteiger partial charge is 0.316 e. The molecular weight excluding hydrogens is 200 g/mol. The van der Waals surface area contributed by atoms with Crippen LogP contribution in [0.25, 0.3) is 0 Å². The van der Waals surface area contributed by atoms with Crippen LogP contribution in [0.3, 0.4) is 0 Å². The molecule has 0 saturated carbocycles. The van der Waals surface area contributed by atoms with Crippen molar-refractivity contribution in [3.05, 3.63) is 0 Å². The zero-order valence-electron chi connectivity index (χ0n) is 8.99. The van der Waals surface area contributed by atoms with Gasteiger partial charge < -0.3 is 5.32 Å². The first-order valence-electron chi connectivity index (χ1n) is 5.25. The van der Waals surface area contributed by atoms with Gasteiger partial charge in [0, 0.05) is 19.1 Å². The van der Waals surface area contributed by atoms with Gasteiger partial charge in [0.05, 0.1) is 5.75 Å². The minimum Gasteiger partial charge on any atom is -0.316 e. The fourth-order valence-electron chi connectivity index (χ4n) is 1.82. The number of hydrogen-bond acceptors (Lipinski definition) is 3. The molecule has 1 rings (SSSR count). The molecule has 5 heteroatoms. The van der Waals surface area contributed by atoms with Crippen molar-refractivity contribution >= 4 is 10.0 Å². The third-order valence-electron chi connectivity index (χ3n) is 2.65.